The maximum atomic E-state index is 11.7. The average molecular weight is 264 g/mol. The van der Waals surface area contributed by atoms with Crippen LogP contribution in [0.15, 0.2) is 0 Å². The van der Waals surface area contributed by atoms with Gasteiger partial charge in [-0.3, -0.25) is 4.79 Å². The molecule has 16 heavy (non-hydrogen) atoms. The standard InChI is InChI=1S/C10H20N2O2S2/c11-4-7-16-15-6-1-2-10(14)12-5-3-9(13)8-12/h9,13H,1-8,11H2/t9-/m1/s1. The summed E-state index contributed by atoms with van der Waals surface area (Å²) in [4.78, 5) is 13.4. The summed E-state index contributed by atoms with van der Waals surface area (Å²) in [5, 5.41) is 9.30. The molecule has 1 aliphatic heterocycles. The first-order valence-electron chi connectivity index (χ1n) is 5.64. The molecule has 0 radical (unpaired) electrons. The smallest absolute Gasteiger partial charge is 0.222 e. The van der Waals surface area contributed by atoms with Gasteiger partial charge in [0.2, 0.25) is 5.91 Å². The van der Waals surface area contributed by atoms with Gasteiger partial charge in [0.15, 0.2) is 0 Å². The Kier molecular flexibility index (Phi) is 7.27. The molecule has 3 N–H and O–H groups in total. The molecule has 0 spiro atoms. The Balaban J connectivity index is 1.98. The maximum Gasteiger partial charge on any atom is 0.222 e. The van der Waals surface area contributed by atoms with E-state index in [1.807, 2.05) is 0 Å². The highest BCUT2D eigenvalue weighted by Gasteiger charge is 2.23. The monoisotopic (exact) mass is 264 g/mol. The molecule has 0 aromatic rings. The zero-order valence-corrected chi connectivity index (χ0v) is 11.1. The Morgan fingerprint density at radius 2 is 2.19 bits per heavy atom. The fourth-order valence-corrected chi connectivity index (χ4v) is 3.52. The zero-order valence-electron chi connectivity index (χ0n) is 9.43. The number of carbonyl (C=O) groups excluding carboxylic acids is 1. The lowest BCUT2D eigenvalue weighted by atomic mass is 10.3. The maximum absolute atomic E-state index is 11.7. The van der Waals surface area contributed by atoms with Crippen molar-refractivity contribution in [3.8, 4) is 0 Å². The molecule has 0 aromatic heterocycles. The van der Waals surface area contributed by atoms with Crippen LogP contribution in [-0.4, -0.2) is 53.2 Å². The van der Waals surface area contributed by atoms with Gasteiger partial charge in [-0.1, -0.05) is 21.6 Å². The topological polar surface area (TPSA) is 66.6 Å². The van der Waals surface area contributed by atoms with Crippen LogP contribution < -0.4 is 5.73 Å². The van der Waals surface area contributed by atoms with E-state index in [0.29, 0.717) is 19.5 Å². The number of rotatable bonds is 7. The van der Waals surface area contributed by atoms with Crippen LogP contribution >= 0.6 is 21.6 Å². The summed E-state index contributed by atoms with van der Waals surface area (Å²) in [6.45, 7) is 1.95. The Labute approximate surface area is 105 Å². The summed E-state index contributed by atoms with van der Waals surface area (Å²) < 4.78 is 0. The molecule has 1 heterocycles. The van der Waals surface area contributed by atoms with Gasteiger partial charge in [-0.15, -0.1) is 0 Å². The normalized spacial score (nSPS) is 20.4. The lowest BCUT2D eigenvalue weighted by Gasteiger charge is -2.14. The Morgan fingerprint density at radius 1 is 1.44 bits per heavy atom. The third-order valence-corrected chi connectivity index (χ3v) is 4.94. The minimum atomic E-state index is -0.307. The minimum absolute atomic E-state index is 0.181. The molecule has 0 bridgehead atoms. The zero-order chi connectivity index (χ0) is 11.8. The molecule has 4 nitrogen and oxygen atoms in total. The van der Waals surface area contributed by atoms with Crippen molar-refractivity contribution in [3.05, 3.63) is 0 Å². The van der Waals surface area contributed by atoms with Crippen LogP contribution in [0.5, 0.6) is 0 Å². The molecule has 1 fully saturated rings. The quantitative estimate of drug-likeness (QED) is 0.523. The van der Waals surface area contributed by atoms with Crippen molar-refractivity contribution in [1.82, 2.24) is 4.90 Å². The number of aliphatic hydroxyl groups excluding tert-OH is 1. The fraction of sp³-hybridized carbons (Fsp3) is 0.900. The third-order valence-electron chi connectivity index (χ3n) is 2.42. The lowest BCUT2D eigenvalue weighted by Crippen LogP contribution is -2.29. The number of likely N-dealkylation sites (tertiary alicyclic amines) is 1. The average Bonchev–Trinajstić information content (AvgIpc) is 2.70. The number of β-amino-alcohol motifs (C(OH)–C–C–N with tert-alkyl or cyclic N) is 1. The largest absolute Gasteiger partial charge is 0.391 e. The second kappa shape index (κ2) is 8.22. The van der Waals surface area contributed by atoms with Crippen molar-refractivity contribution in [2.24, 2.45) is 5.73 Å². The predicted octanol–water partition coefficient (Wildman–Crippen LogP) is 0.700. The van der Waals surface area contributed by atoms with Gasteiger partial charge in [0.25, 0.3) is 0 Å². The molecule has 0 saturated carbocycles. The summed E-state index contributed by atoms with van der Waals surface area (Å²) in [7, 11) is 3.54. The Bertz CT molecular complexity index is 217. The van der Waals surface area contributed by atoms with Crippen LogP contribution in [0.2, 0.25) is 0 Å². The fourth-order valence-electron chi connectivity index (χ4n) is 1.57. The molecule has 1 rings (SSSR count). The molecule has 0 aliphatic carbocycles. The van der Waals surface area contributed by atoms with E-state index >= 15 is 0 Å². The first kappa shape index (κ1) is 14.2. The first-order chi connectivity index (χ1) is 7.74. The highest BCUT2D eigenvalue weighted by molar-refractivity contribution is 8.76. The predicted molar refractivity (Wildman–Crippen MR) is 70.4 cm³/mol. The summed E-state index contributed by atoms with van der Waals surface area (Å²) in [6.07, 6.45) is 1.93. The molecule has 1 amide bonds. The number of carbonyl (C=O) groups is 1. The number of nitrogens with two attached hydrogens (primary N) is 1. The molecule has 94 valence electrons. The SMILES string of the molecule is NCCSSCCCC(=O)N1CC[C@@H](O)C1. The minimum Gasteiger partial charge on any atom is -0.391 e. The summed E-state index contributed by atoms with van der Waals surface area (Å²) in [6, 6.07) is 0. The summed E-state index contributed by atoms with van der Waals surface area (Å²) in [5.41, 5.74) is 5.37. The van der Waals surface area contributed by atoms with Gasteiger partial charge in [0.05, 0.1) is 6.10 Å². The number of amides is 1. The first-order valence-corrected chi connectivity index (χ1v) is 8.13. The second-order valence-electron chi connectivity index (χ2n) is 3.82. The molecule has 1 aliphatic rings. The van der Waals surface area contributed by atoms with Crippen molar-refractivity contribution in [3.63, 3.8) is 0 Å². The lowest BCUT2D eigenvalue weighted by molar-refractivity contribution is -0.130. The van der Waals surface area contributed by atoms with E-state index in [4.69, 9.17) is 5.73 Å². The van der Waals surface area contributed by atoms with E-state index in [2.05, 4.69) is 0 Å². The van der Waals surface area contributed by atoms with E-state index < -0.39 is 0 Å². The number of hydrogen-bond donors (Lipinski definition) is 2. The molecule has 0 aromatic carbocycles. The van der Waals surface area contributed by atoms with Gasteiger partial charge < -0.3 is 15.7 Å². The van der Waals surface area contributed by atoms with E-state index in [9.17, 15) is 9.90 Å². The molecule has 1 saturated heterocycles. The van der Waals surface area contributed by atoms with Crippen LogP contribution in [0.25, 0.3) is 0 Å². The van der Waals surface area contributed by atoms with E-state index in [1.54, 1.807) is 26.5 Å². The van der Waals surface area contributed by atoms with Crippen LogP contribution in [0, 0.1) is 0 Å². The Hall–Kier alpha value is 0.0900. The molecule has 6 heteroatoms. The second-order valence-corrected chi connectivity index (χ2v) is 6.52. The van der Waals surface area contributed by atoms with Gasteiger partial charge >= 0.3 is 0 Å². The van der Waals surface area contributed by atoms with Crippen LogP contribution in [0.1, 0.15) is 19.3 Å². The van der Waals surface area contributed by atoms with E-state index in [-0.39, 0.29) is 12.0 Å². The highest BCUT2D eigenvalue weighted by atomic mass is 33.1. The van der Waals surface area contributed by atoms with Gasteiger partial charge in [-0.25, -0.2) is 0 Å². The number of aliphatic hydroxyl groups is 1. The van der Waals surface area contributed by atoms with Gasteiger partial charge in [0, 0.05) is 37.6 Å². The van der Waals surface area contributed by atoms with Crippen molar-refractivity contribution in [2.45, 2.75) is 25.4 Å². The van der Waals surface area contributed by atoms with Gasteiger partial charge in [0.1, 0.15) is 0 Å². The molecular weight excluding hydrogens is 244 g/mol. The third kappa shape index (κ3) is 5.43. The van der Waals surface area contributed by atoms with Crippen LogP contribution in [0.4, 0.5) is 0 Å². The highest BCUT2D eigenvalue weighted by Crippen LogP contribution is 2.22. The van der Waals surface area contributed by atoms with E-state index in [1.165, 1.54) is 0 Å². The van der Waals surface area contributed by atoms with Gasteiger partial charge in [-0.2, -0.15) is 0 Å². The molecular formula is C10H20N2O2S2. The van der Waals surface area contributed by atoms with Gasteiger partial charge in [-0.05, 0) is 12.8 Å². The molecule has 1 atom stereocenters. The Morgan fingerprint density at radius 3 is 2.81 bits per heavy atom. The van der Waals surface area contributed by atoms with Crippen molar-refractivity contribution < 1.29 is 9.90 Å². The van der Waals surface area contributed by atoms with E-state index in [0.717, 1.165) is 30.9 Å². The van der Waals surface area contributed by atoms with Crippen LogP contribution in [-0.2, 0) is 4.79 Å². The number of nitrogens with zero attached hydrogens (tertiary/aromatic N) is 1. The van der Waals surface area contributed by atoms with Crippen molar-refractivity contribution >= 4 is 27.5 Å². The molecule has 0 unspecified atom stereocenters. The summed E-state index contributed by atoms with van der Waals surface area (Å²) in [5.74, 6) is 2.14. The van der Waals surface area contributed by atoms with Crippen molar-refractivity contribution in [1.29, 1.82) is 0 Å². The summed E-state index contributed by atoms with van der Waals surface area (Å²) >= 11 is 0. The van der Waals surface area contributed by atoms with Crippen molar-refractivity contribution in [2.75, 3.05) is 31.1 Å². The number of hydrogen-bond acceptors (Lipinski definition) is 5. The van der Waals surface area contributed by atoms with Crippen LogP contribution in [0.3, 0.4) is 0 Å².